The maximum atomic E-state index is 12.5. The molecule has 0 atom stereocenters. The van der Waals surface area contributed by atoms with Crippen LogP contribution in [0.15, 0.2) is 53.3 Å². The fourth-order valence-corrected chi connectivity index (χ4v) is 3.02. The second-order valence-corrected chi connectivity index (χ2v) is 6.52. The number of aromatic nitrogens is 3. The van der Waals surface area contributed by atoms with Gasteiger partial charge < -0.3 is 18.7 Å². The van der Waals surface area contributed by atoms with E-state index in [1.165, 1.54) is 26.2 Å². The van der Waals surface area contributed by atoms with Gasteiger partial charge >= 0.3 is 6.36 Å². The molecule has 7 nitrogen and oxygen atoms in total. The Balaban J connectivity index is 1.69. The normalized spacial score (nSPS) is 11.5. The maximum absolute atomic E-state index is 12.5. The third kappa shape index (κ3) is 4.52. The molecule has 0 aliphatic heterocycles. The lowest BCUT2D eigenvalue weighted by atomic mass is 10.0. The molecule has 10 heteroatoms. The molecule has 0 radical (unpaired) electrons. The second-order valence-electron chi connectivity index (χ2n) is 6.52. The van der Waals surface area contributed by atoms with Gasteiger partial charge in [-0.1, -0.05) is 6.07 Å². The van der Waals surface area contributed by atoms with E-state index in [9.17, 15) is 13.2 Å². The topological polar surface area (TPSA) is 79.5 Å². The number of benzene rings is 2. The van der Waals surface area contributed by atoms with E-state index >= 15 is 0 Å². The molecule has 0 amide bonds. The van der Waals surface area contributed by atoms with Crippen molar-refractivity contribution in [1.29, 1.82) is 0 Å². The summed E-state index contributed by atoms with van der Waals surface area (Å²) >= 11 is 0. The summed E-state index contributed by atoms with van der Waals surface area (Å²) in [4.78, 5) is 8.18. The van der Waals surface area contributed by atoms with Gasteiger partial charge in [-0.15, -0.1) is 13.2 Å². The standard InChI is InChI=1S/C21H16F3N3O4/c1-12-8-13(4-5-16(12)30-21(22,23)24)14-9-15-19(17(10-14)28-2)31-27-20(15)29-11-18-25-6-3-7-26-18/h3-10H,11H2,1-2H3. The first-order valence-corrected chi connectivity index (χ1v) is 9.07. The molecule has 2 aromatic heterocycles. The van der Waals surface area contributed by atoms with Crippen LogP contribution in [-0.2, 0) is 6.61 Å². The van der Waals surface area contributed by atoms with Crippen molar-refractivity contribution >= 4 is 11.0 Å². The maximum Gasteiger partial charge on any atom is 0.573 e. The summed E-state index contributed by atoms with van der Waals surface area (Å²) in [6.45, 7) is 1.62. The van der Waals surface area contributed by atoms with E-state index in [1.54, 1.807) is 36.7 Å². The molecule has 4 rings (SSSR count). The summed E-state index contributed by atoms with van der Waals surface area (Å²) in [5.41, 5.74) is 2.04. The number of hydrogen-bond donors (Lipinski definition) is 0. The lowest BCUT2D eigenvalue weighted by Gasteiger charge is -2.13. The highest BCUT2D eigenvalue weighted by atomic mass is 19.4. The van der Waals surface area contributed by atoms with Gasteiger partial charge in [-0.3, -0.25) is 0 Å². The first-order valence-electron chi connectivity index (χ1n) is 9.07. The largest absolute Gasteiger partial charge is 0.573 e. The van der Waals surface area contributed by atoms with Crippen LogP contribution in [0.2, 0.25) is 0 Å². The van der Waals surface area contributed by atoms with E-state index in [4.69, 9.17) is 14.0 Å². The van der Waals surface area contributed by atoms with Gasteiger partial charge in [0.15, 0.2) is 11.6 Å². The molecule has 0 N–H and O–H groups in total. The third-order valence-corrected chi connectivity index (χ3v) is 4.42. The highest BCUT2D eigenvalue weighted by Gasteiger charge is 2.31. The summed E-state index contributed by atoms with van der Waals surface area (Å²) in [7, 11) is 1.48. The van der Waals surface area contributed by atoms with Crippen LogP contribution >= 0.6 is 0 Å². The van der Waals surface area contributed by atoms with Crippen molar-refractivity contribution in [2.75, 3.05) is 7.11 Å². The number of halogens is 3. The Hall–Kier alpha value is -3.82. The first-order chi connectivity index (χ1) is 14.8. The summed E-state index contributed by atoms with van der Waals surface area (Å²) in [5.74, 6) is 0.828. The smallest absolute Gasteiger partial charge is 0.493 e. The van der Waals surface area contributed by atoms with E-state index < -0.39 is 6.36 Å². The van der Waals surface area contributed by atoms with Crippen molar-refractivity contribution in [3.05, 3.63) is 60.2 Å². The number of rotatable bonds is 6. The first kappa shape index (κ1) is 20.5. The summed E-state index contributed by atoms with van der Waals surface area (Å²) in [5, 5.41) is 4.49. The molecule has 2 aromatic carbocycles. The molecule has 31 heavy (non-hydrogen) atoms. The van der Waals surface area contributed by atoms with Crippen LogP contribution in [0.1, 0.15) is 11.4 Å². The molecule has 0 fully saturated rings. The highest BCUT2D eigenvalue weighted by molar-refractivity contribution is 5.92. The minimum atomic E-state index is -4.76. The summed E-state index contributed by atoms with van der Waals surface area (Å²) in [6, 6.07) is 9.55. The van der Waals surface area contributed by atoms with E-state index in [0.29, 0.717) is 39.2 Å². The number of methoxy groups -OCH3 is 1. The predicted molar refractivity (Wildman–Crippen MR) is 104 cm³/mol. The third-order valence-electron chi connectivity index (χ3n) is 4.42. The molecule has 2 heterocycles. The Bertz CT molecular complexity index is 1210. The van der Waals surface area contributed by atoms with Crippen molar-refractivity contribution in [1.82, 2.24) is 15.1 Å². The molecule has 0 aliphatic rings. The van der Waals surface area contributed by atoms with Gasteiger partial charge in [-0.05, 0) is 59.1 Å². The molecule has 0 saturated carbocycles. The van der Waals surface area contributed by atoms with Gasteiger partial charge in [0.05, 0.1) is 12.5 Å². The van der Waals surface area contributed by atoms with E-state index in [-0.39, 0.29) is 18.2 Å². The van der Waals surface area contributed by atoms with Crippen LogP contribution in [0, 0.1) is 6.92 Å². The number of alkyl halides is 3. The van der Waals surface area contributed by atoms with Crippen LogP contribution in [0.25, 0.3) is 22.1 Å². The molecule has 0 bridgehead atoms. The molecule has 0 unspecified atom stereocenters. The SMILES string of the molecule is COc1cc(-c2ccc(OC(F)(F)F)c(C)c2)cc2c(OCc3ncccn3)noc12. The van der Waals surface area contributed by atoms with Crippen molar-refractivity contribution in [2.24, 2.45) is 0 Å². The Morgan fingerprint density at radius 2 is 1.77 bits per heavy atom. The lowest BCUT2D eigenvalue weighted by Crippen LogP contribution is -2.17. The van der Waals surface area contributed by atoms with E-state index in [0.717, 1.165) is 0 Å². The van der Waals surface area contributed by atoms with Crippen molar-refractivity contribution in [3.8, 4) is 28.5 Å². The zero-order valence-corrected chi connectivity index (χ0v) is 16.4. The Kier molecular flexibility index (Phi) is 5.37. The van der Waals surface area contributed by atoms with Crippen LogP contribution in [-0.4, -0.2) is 28.6 Å². The molecule has 0 spiro atoms. The molecular formula is C21H16F3N3O4. The average Bonchev–Trinajstić information content (AvgIpc) is 3.16. The minimum Gasteiger partial charge on any atom is -0.493 e. The summed E-state index contributed by atoms with van der Waals surface area (Å²) in [6.07, 6.45) is -1.56. The van der Waals surface area contributed by atoms with Gasteiger partial charge in [0.25, 0.3) is 5.88 Å². The Morgan fingerprint density at radius 1 is 1.00 bits per heavy atom. The number of fused-ring (bicyclic) bond motifs is 1. The monoisotopic (exact) mass is 431 g/mol. The number of aryl methyl sites for hydroxylation is 1. The zero-order valence-electron chi connectivity index (χ0n) is 16.4. The van der Waals surface area contributed by atoms with Crippen LogP contribution in [0.4, 0.5) is 13.2 Å². The van der Waals surface area contributed by atoms with Gasteiger partial charge in [-0.25, -0.2) is 9.97 Å². The molecule has 0 aliphatic carbocycles. The van der Waals surface area contributed by atoms with Gasteiger partial charge in [0.1, 0.15) is 12.4 Å². The average molecular weight is 431 g/mol. The lowest BCUT2D eigenvalue weighted by molar-refractivity contribution is -0.274. The van der Waals surface area contributed by atoms with Gasteiger partial charge in [0, 0.05) is 12.4 Å². The number of ether oxygens (including phenoxy) is 3. The van der Waals surface area contributed by atoms with Crippen LogP contribution < -0.4 is 14.2 Å². The fourth-order valence-electron chi connectivity index (χ4n) is 3.02. The number of nitrogens with zero attached hydrogens (tertiary/aromatic N) is 3. The van der Waals surface area contributed by atoms with Crippen molar-refractivity contribution < 1.29 is 31.9 Å². The number of hydrogen-bond acceptors (Lipinski definition) is 7. The predicted octanol–water partition coefficient (Wildman–Crippen LogP) is 5.08. The van der Waals surface area contributed by atoms with Crippen molar-refractivity contribution in [3.63, 3.8) is 0 Å². The molecule has 0 saturated heterocycles. The highest BCUT2D eigenvalue weighted by Crippen LogP contribution is 2.38. The summed E-state index contributed by atoms with van der Waals surface area (Å²) < 4.78 is 58.1. The Labute approximate surface area is 174 Å². The molecular weight excluding hydrogens is 415 g/mol. The molecule has 4 aromatic rings. The zero-order chi connectivity index (χ0) is 22.0. The quantitative estimate of drug-likeness (QED) is 0.421. The van der Waals surface area contributed by atoms with Crippen molar-refractivity contribution in [2.45, 2.75) is 19.9 Å². The van der Waals surface area contributed by atoms with Gasteiger partial charge in [0.2, 0.25) is 5.58 Å². The minimum absolute atomic E-state index is 0.0810. The van der Waals surface area contributed by atoms with Crippen LogP contribution in [0.3, 0.4) is 0 Å². The Morgan fingerprint density at radius 3 is 2.45 bits per heavy atom. The van der Waals surface area contributed by atoms with E-state index in [2.05, 4.69) is 19.9 Å². The molecule has 160 valence electrons. The van der Waals surface area contributed by atoms with E-state index in [1.807, 2.05) is 0 Å². The van der Waals surface area contributed by atoms with Gasteiger partial charge in [-0.2, -0.15) is 0 Å². The second kappa shape index (κ2) is 8.13. The van der Waals surface area contributed by atoms with Crippen LogP contribution in [0.5, 0.6) is 17.4 Å². The fraction of sp³-hybridized carbons (Fsp3) is 0.190.